The summed E-state index contributed by atoms with van der Waals surface area (Å²) in [5.41, 5.74) is 1.76. The average Bonchev–Trinajstić information content (AvgIpc) is 2.44. The molecule has 0 amide bonds. The fraction of sp³-hybridized carbons (Fsp3) is 0.556. The first kappa shape index (κ1) is 19.4. The van der Waals surface area contributed by atoms with Crippen LogP contribution in [-0.2, 0) is 16.0 Å². The van der Waals surface area contributed by atoms with Crippen LogP contribution in [0.2, 0.25) is 0 Å². The number of carbonyl (C=O) groups is 1. The predicted octanol–water partition coefficient (Wildman–Crippen LogP) is 4.00. The number of ether oxygens (including phenoxy) is 1. The van der Waals surface area contributed by atoms with E-state index in [0.29, 0.717) is 5.11 Å². The van der Waals surface area contributed by atoms with Crippen LogP contribution in [0.3, 0.4) is 0 Å². The second kappa shape index (κ2) is 8.87. The van der Waals surface area contributed by atoms with Gasteiger partial charge >= 0.3 is 5.97 Å². The normalized spacial score (nSPS) is 11.0. The Morgan fingerprint density at radius 3 is 2.39 bits per heavy atom. The molecule has 0 aromatic heterocycles. The molecule has 0 unspecified atom stereocenters. The van der Waals surface area contributed by atoms with Gasteiger partial charge in [0.25, 0.3) is 0 Å². The van der Waals surface area contributed by atoms with Gasteiger partial charge < -0.3 is 15.0 Å². The number of anilines is 1. The summed E-state index contributed by atoms with van der Waals surface area (Å²) < 4.78 is 5.29. The number of rotatable bonds is 6. The highest BCUT2D eigenvalue weighted by Crippen LogP contribution is 2.13. The zero-order valence-corrected chi connectivity index (χ0v) is 15.6. The molecule has 0 heterocycles. The van der Waals surface area contributed by atoms with Gasteiger partial charge in [0, 0.05) is 12.7 Å². The number of likely N-dealkylation sites (N-methyl/N-ethyl adjacent to an activating group) is 1. The molecule has 0 atom stereocenters. The van der Waals surface area contributed by atoms with Gasteiger partial charge in [0.05, 0.1) is 0 Å². The molecule has 0 aliphatic heterocycles. The lowest BCUT2D eigenvalue weighted by Gasteiger charge is -2.24. The van der Waals surface area contributed by atoms with Gasteiger partial charge in [-0.15, -0.1) is 0 Å². The third-order valence-corrected chi connectivity index (χ3v) is 3.57. The lowest BCUT2D eigenvalue weighted by atomic mass is 10.1. The van der Waals surface area contributed by atoms with Crippen molar-refractivity contribution in [2.75, 3.05) is 18.9 Å². The minimum Gasteiger partial charge on any atom is -0.459 e. The van der Waals surface area contributed by atoms with E-state index in [1.165, 1.54) is 18.4 Å². The highest BCUT2D eigenvalue weighted by molar-refractivity contribution is 7.80. The van der Waals surface area contributed by atoms with Crippen molar-refractivity contribution in [1.29, 1.82) is 0 Å². The molecule has 1 aromatic carbocycles. The molecule has 0 aliphatic carbocycles. The molecule has 1 aromatic rings. The summed E-state index contributed by atoms with van der Waals surface area (Å²) in [7, 11) is 1.77. The molecule has 5 heteroatoms. The molecule has 1 N–H and O–H groups in total. The smallest absolute Gasteiger partial charge is 0.326 e. The lowest BCUT2D eigenvalue weighted by Crippen LogP contribution is -2.38. The molecule has 0 spiro atoms. The summed E-state index contributed by atoms with van der Waals surface area (Å²) in [6.07, 6.45) is 3.49. The van der Waals surface area contributed by atoms with Crippen molar-refractivity contribution in [2.45, 2.75) is 52.6 Å². The van der Waals surface area contributed by atoms with Gasteiger partial charge in [-0.1, -0.05) is 25.5 Å². The number of benzene rings is 1. The van der Waals surface area contributed by atoms with E-state index < -0.39 is 5.60 Å². The Balaban J connectivity index is 2.50. The SMILES string of the molecule is CCCCc1ccc(NC(=S)N(C)CC(=O)OC(C)(C)C)cc1. The average molecular weight is 337 g/mol. The van der Waals surface area contributed by atoms with Crippen molar-refractivity contribution in [3.63, 3.8) is 0 Å². The number of nitrogens with zero attached hydrogens (tertiary/aromatic N) is 1. The number of nitrogens with one attached hydrogen (secondary N) is 1. The fourth-order valence-electron chi connectivity index (χ4n) is 1.99. The standard InChI is InChI=1S/C18H28N2O2S/c1-6-7-8-14-9-11-15(12-10-14)19-17(23)20(5)13-16(21)22-18(2,3)4/h9-12H,6-8,13H2,1-5H3,(H,19,23). The van der Waals surface area contributed by atoms with Crippen molar-refractivity contribution in [2.24, 2.45) is 0 Å². The molecule has 128 valence electrons. The number of esters is 1. The quantitative estimate of drug-likeness (QED) is 0.628. The Bertz CT molecular complexity index is 521. The Labute approximate surface area is 145 Å². The van der Waals surface area contributed by atoms with E-state index in [4.69, 9.17) is 17.0 Å². The van der Waals surface area contributed by atoms with Gasteiger partial charge in [-0.2, -0.15) is 0 Å². The van der Waals surface area contributed by atoms with E-state index in [-0.39, 0.29) is 12.5 Å². The number of thiocarbonyl (C=S) groups is 1. The topological polar surface area (TPSA) is 41.6 Å². The molecule has 0 saturated carbocycles. The van der Waals surface area contributed by atoms with E-state index in [9.17, 15) is 4.79 Å². The van der Waals surface area contributed by atoms with Gasteiger partial charge in [0.2, 0.25) is 0 Å². The van der Waals surface area contributed by atoms with E-state index in [2.05, 4.69) is 24.4 Å². The molecular weight excluding hydrogens is 308 g/mol. The summed E-state index contributed by atoms with van der Waals surface area (Å²) in [5, 5.41) is 3.64. The van der Waals surface area contributed by atoms with Crippen molar-refractivity contribution in [3.05, 3.63) is 29.8 Å². The monoisotopic (exact) mass is 336 g/mol. The summed E-state index contributed by atoms with van der Waals surface area (Å²) >= 11 is 5.33. The third-order valence-electron chi connectivity index (χ3n) is 3.16. The fourth-order valence-corrected chi connectivity index (χ4v) is 2.18. The highest BCUT2D eigenvalue weighted by atomic mass is 32.1. The van der Waals surface area contributed by atoms with Gasteiger partial charge in [0.1, 0.15) is 12.1 Å². The Hall–Kier alpha value is -1.62. The zero-order chi connectivity index (χ0) is 17.5. The summed E-state index contributed by atoms with van der Waals surface area (Å²) in [5.74, 6) is -0.293. The van der Waals surface area contributed by atoms with Crippen molar-refractivity contribution in [1.82, 2.24) is 4.90 Å². The molecule has 0 radical (unpaired) electrons. The second-order valence-corrected chi connectivity index (χ2v) is 7.06. The van der Waals surface area contributed by atoms with Gasteiger partial charge in [0.15, 0.2) is 5.11 Å². The summed E-state index contributed by atoms with van der Waals surface area (Å²) in [6.45, 7) is 7.86. The molecule has 0 aliphatic rings. The van der Waals surface area contributed by atoms with Crippen LogP contribution >= 0.6 is 12.2 Å². The third kappa shape index (κ3) is 7.98. The lowest BCUT2D eigenvalue weighted by molar-refractivity contribution is -0.154. The van der Waals surface area contributed by atoms with Crippen LogP contribution in [0.25, 0.3) is 0 Å². The van der Waals surface area contributed by atoms with E-state index in [0.717, 1.165) is 12.1 Å². The molecule has 4 nitrogen and oxygen atoms in total. The van der Waals surface area contributed by atoms with Crippen LogP contribution in [0.4, 0.5) is 5.69 Å². The first-order chi connectivity index (χ1) is 10.7. The number of carbonyl (C=O) groups excluding carboxylic acids is 1. The van der Waals surface area contributed by atoms with E-state index in [1.807, 2.05) is 32.9 Å². The first-order valence-corrected chi connectivity index (χ1v) is 8.45. The predicted molar refractivity (Wildman–Crippen MR) is 99.7 cm³/mol. The van der Waals surface area contributed by atoms with Crippen LogP contribution in [0.1, 0.15) is 46.1 Å². The largest absolute Gasteiger partial charge is 0.459 e. The minimum atomic E-state index is -0.485. The Kier molecular flexibility index (Phi) is 7.49. The number of aryl methyl sites for hydroxylation is 1. The molecule has 0 fully saturated rings. The first-order valence-electron chi connectivity index (χ1n) is 8.04. The highest BCUT2D eigenvalue weighted by Gasteiger charge is 2.18. The maximum absolute atomic E-state index is 11.8. The van der Waals surface area contributed by atoms with Crippen LogP contribution in [0, 0.1) is 0 Å². The molecule has 1 rings (SSSR count). The summed E-state index contributed by atoms with van der Waals surface area (Å²) in [6, 6.07) is 8.24. The Morgan fingerprint density at radius 1 is 1.26 bits per heavy atom. The summed E-state index contributed by atoms with van der Waals surface area (Å²) in [4.78, 5) is 13.5. The number of unbranched alkanes of at least 4 members (excludes halogenated alkanes) is 1. The zero-order valence-electron chi connectivity index (χ0n) is 14.8. The van der Waals surface area contributed by atoms with Crippen LogP contribution in [0.15, 0.2) is 24.3 Å². The van der Waals surface area contributed by atoms with Crippen molar-refractivity contribution in [3.8, 4) is 0 Å². The van der Waals surface area contributed by atoms with Crippen LogP contribution < -0.4 is 5.32 Å². The Morgan fingerprint density at radius 2 is 1.87 bits per heavy atom. The maximum Gasteiger partial charge on any atom is 0.326 e. The number of hydrogen-bond donors (Lipinski definition) is 1. The number of hydrogen-bond acceptors (Lipinski definition) is 3. The van der Waals surface area contributed by atoms with Gasteiger partial charge in [-0.25, -0.2) is 0 Å². The van der Waals surface area contributed by atoms with Crippen molar-refractivity contribution >= 4 is 29.0 Å². The minimum absolute atomic E-state index is 0.123. The molecule has 0 saturated heterocycles. The van der Waals surface area contributed by atoms with Gasteiger partial charge in [-0.05, 0) is 63.5 Å². The van der Waals surface area contributed by atoms with E-state index >= 15 is 0 Å². The second-order valence-electron chi connectivity index (χ2n) is 6.67. The molecule has 0 bridgehead atoms. The maximum atomic E-state index is 11.8. The van der Waals surface area contributed by atoms with Crippen molar-refractivity contribution < 1.29 is 9.53 Å². The molecular formula is C18H28N2O2S. The van der Waals surface area contributed by atoms with Crippen LogP contribution in [-0.4, -0.2) is 35.2 Å². The van der Waals surface area contributed by atoms with Gasteiger partial charge in [-0.3, -0.25) is 4.79 Å². The molecule has 23 heavy (non-hydrogen) atoms. The van der Waals surface area contributed by atoms with E-state index in [1.54, 1.807) is 11.9 Å². The van der Waals surface area contributed by atoms with Crippen LogP contribution in [0.5, 0.6) is 0 Å².